The van der Waals surface area contributed by atoms with E-state index in [4.69, 9.17) is 0 Å². The van der Waals surface area contributed by atoms with E-state index in [0.29, 0.717) is 12.1 Å². The van der Waals surface area contributed by atoms with Gasteiger partial charge in [-0.05, 0) is 39.4 Å². The van der Waals surface area contributed by atoms with E-state index in [1.807, 2.05) is 6.07 Å². The number of rotatable bonds is 5. The van der Waals surface area contributed by atoms with E-state index in [1.54, 1.807) is 0 Å². The monoisotopic (exact) mass is 263 g/mol. The molecule has 0 radical (unpaired) electrons. The second-order valence-electron chi connectivity index (χ2n) is 5.29. The predicted octanol–water partition coefficient (Wildman–Crippen LogP) is 3.30. The molecule has 1 N–H and O–H groups in total. The number of hydrogen-bond acceptors (Lipinski definition) is 2. The normalized spacial score (nSPS) is 13.4. The van der Waals surface area contributed by atoms with Gasteiger partial charge in [0.1, 0.15) is 11.6 Å². The average molecular weight is 263 g/mol. The van der Waals surface area contributed by atoms with E-state index >= 15 is 0 Å². The Morgan fingerprint density at radius 3 is 2.68 bits per heavy atom. The third-order valence-electron chi connectivity index (χ3n) is 3.28. The van der Waals surface area contributed by atoms with Crippen molar-refractivity contribution in [2.24, 2.45) is 0 Å². The van der Waals surface area contributed by atoms with Gasteiger partial charge >= 0.3 is 0 Å². The number of halogens is 1. The molecule has 0 aliphatic heterocycles. The van der Waals surface area contributed by atoms with Crippen LogP contribution in [0.2, 0.25) is 0 Å². The van der Waals surface area contributed by atoms with Gasteiger partial charge in [0.2, 0.25) is 0 Å². The summed E-state index contributed by atoms with van der Waals surface area (Å²) in [5, 5.41) is 3.39. The topological polar surface area (TPSA) is 29.9 Å². The Bertz CT molecular complexity index is 560. The molecule has 1 aromatic carbocycles. The highest BCUT2D eigenvalue weighted by Gasteiger charge is 2.15. The number of nitrogens with one attached hydrogen (secondary N) is 1. The molecule has 104 valence electrons. The minimum absolute atomic E-state index is 0.229. The lowest BCUT2D eigenvalue weighted by molar-refractivity contribution is 0.515. The Morgan fingerprint density at radius 2 is 2.05 bits per heavy atom. The van der Waals surface area contributed by atoms with Crippen LogP contribution in [0.4, 0.5) is 4.39 Å². The molecule has 4 heteroatoms. The van der Waals surface area contributed by atoms with E-state index < -0.39 is 0 Å². The zero-order chi connectivity index (χ0) is 14.0. The van der Waals surface area contributed by atoms with Crippen molar-refractivity contribution in [3.8, 4) is 0 Å². The molecule has 0 fully saturated rings. The van der Waals surface area contributed by atoms with Crippen LogP contribution in [0, 0.1) is 5.82 Å². The van der Waals surface area contributed by atoms with Crippen molar-refractivity contribution < 1.29 is 4.39 Å². The van der Waals surface area contributed by atoms with Crippen LogP contribution in [0.1, 0.15) is 39.6 Å². The third kappa shape index (κ3) is 2.95. The Balaban J connectivity index is 2.44. The molecular formula is C15H22FN3. The van der Waals surface area contributed by atoms with Crippen LogP contribution in [0.5, 0.6) is 0 Å². The van der Waals surface area contributed by atoms with Gasteiger partial charge in [0, 0.05) is 24.6 Å². The highest BCUT2D eigenvalue weighted by molar-refractivity contribution is 5.76. The minimum Gasteiger partial charge on any atom is -0.325 e. The van der Waals surface area contributed by atoms with Gasteiger partial charge in [-0.2, -0.15) is 0 Å². The van der Waals surface area contributed by atoms with Gasteiger partial charge in [0.05, 0.1) is 11.0 Å². The maximum Gasteiger partial charge on any atom is 0.125 e. The third-order valence-corrected chi connectivity index (χ3v) is 3.28. The van der Waals surface area contributed by atoms with E-state index in [2.05, 4.69) is 42.6 Å². The van der Waals surface area contributed by atoms with E-state index in [-0.39, 0.29) is 5.82 Å². The van der Waals surface area contributed by atoms with Crippen LogP contribution >= 0.6 is 0 Å². The number of benzene rings is 1. The van der Waals surface area contributed by atoms with Crippen LogP contribution in [0.25, 0.3) is 11.0 Å². The highest BCUT2D eigenvalue weighted by Crippen LogP contribution is 2.22. The number of nitrogens with zero attached hydrogens (tertiary/aromatic N) is 2. The lowest BCUT2D eigenvalue weighted by atomic mass is 10.2. The van der Waals surface area contributed by atoms with E-state index in [9.17, 15) is 4.39 Å². The van der Waals surface area contributed by atoms with Gasteiger partial charge in [0.25, 0.3) is 0 Å². The van der Waals surface area contributed by atoms with E-state index in [0.717, 1.165) is 29.8 Å². The number of likely N-dealkylation sites (N-methyl/N-ethyl adjacent to an activating group) is 1. The Labute approximate surface area is 113 Å². The van der Waals surface area contributed by atoms with Gasteiger partial charge in [-0.15, -0.1) is 0 Å². The summed E-state index contributed by atoms with van der Waals surface area (Å²) >= 11 is 0. The maximum absolute atomic E-state index is 13.3. The molecule has 3 nitrogen and oxygen atoms in total. The second-order valence-corrected chi connectivity index (χ2v) is 5.29. The van der Waals surface area contributed by atoms with Crippen molar-refractivity contribution in [2.45, 2.75) is 46.2 Å². The Hall–Kier alpha value is -1.42. The molecule has 1 atom stereocenters. The lowest BCUT2D eigenvalue weighted by Crippen LogP contribution is -2.29. The van der Waals surface area contributed by atoms with Crippen molar-refractivity contribution in [2.75, 3.05) is 6.54 Å². The van der Waals surface area contributed by atoms with Gasteiger partial charge in [0.15, 0.2) is 0 Å². The average Bonchev–Trinajstić information content (AvgIpc) is 2.65. The van der Waals surface area contributed by atoms with Gasteiger partial charge < -0.3 is 9.88 Å². The van der Waals surface area contributed by atoms with Crippen molar-refractivity contribution in [1.82, 2.24) is 14.9 Å². The van der Waals surface area contributed by atoms with Crippen molar-refractivity contribution in [1.29, 1.82) is 0 Å². The van der Waals surface area contributed by atoms with Crippen molar-refractivity contribution >= 4 is 11.0 Å². The summed E-state index contributed by atoms with van der Waals surface area (Å²) < 4.78 is 15.5. The molecule has 0 saturated carbocycles. The summed E-state index contributed by atoms with van der Waals surface area (Å²) in [7, 11) is 0. The van der Waals surface area contributed by atoms with Crippen molar-refractivity contribution in [3.05, 3.63) is 29.8 Å². The fourth-order valence-corrected chi connectivity index (χ4v) is 2.54. The van der Waals surface area contributed by atoms with E-state index in [1.165, 1.54) is 12.1 Å². The molecule has 0 bridgehead atoms. The number of hydrogen-bond donors (Lipinski definition) is 1. The second kappa shape index (κ2) is 5.70. The van der Waals surface area contributed by atoms with Crippen LogP contribution in [-0.2, 0) is 6.42 Å². The standard InChI is InChI=1S/C15H22FN3/c1-5-17-11(4)8-15-18-13-9-12(16)6-7-14(13)19(15)10(2)3/h6-7,9-11,17H,5,8H2,1-4H3. The molecule has 19 heavy (non-hydrogen) atoms. The highest BCUT2D eigenvalue weighted by atomic mass is 19.1. The molecule has 0 spiro atoms. The van der Waals surface area contributed by atoms with Gasteiger partial charge in [-0.3, -0.25) is 0 Å². The molecule has 1 unspecified atom stereocenters. The Kier molecular flexibility index (Phi) is 4.20. The lowest BCUT2D eigenvalue weighted by Gasteiger charge is -2.16. The first-order chi connectivity index (χ1) is 9.02. The number of imidazole rings is 1. The first-order valence-corrected chi connectivity index (χ1v) is 6.92. The Morgan fingerprint density at radius 1 is 1.32 bits per heavy atom. The summed E-state index contributed by atoms with van der Waals surface area (Å²) in [6, 6.07) is 5.51. The molecule has 2 rings (SSSR count). The largest absolute Gasteiger partial charge is 0.325 e. The first-order valence-electron chi connectivity index (χ1n) is 6.92. The summed E-state index contributed by atoms with van der Waals surface area (Å²) in [6.07, 6.45) is 0.850. The first kappa shape index (κ1) is 14.0. The fraction of sp³-hybridized carbons (Fsp3) is 0.533. The zero-order valence-electron chi connectivity index (χ0n) is 12.1. The van der Waals surface area contributed by atoms with Gasteiger partial charge in [-0.25, -0.2) is 9.37 Å². The number of fused-ring (bicyclic) bond motifs is 1. The molecule has 2 aromatic rings. The van der Waals surface area contributed by atoms with Crippen LogP contribution in [0.15, 0.2) is 18.2 Å². The molecule has 0 amide bonds. The van der Waals surface area contributed by atoms with Crippen LogP contribution in [-0.4, -0.2) is 22.1 Å². The molecule has 0 aliphatic carbocycles. The predicted molar refractivity (Wildman–Crippen MR) is 76.9 cm³/mol. The number of aromatic nitrogens is 2. The summed E-state index contributed by atoms with van der Waals surface area (Å²) in [5.41, 5.74) is 1.75. The minimum atomic E-state index is -0.229. The smallest absolute Gasteiger partial charge is 0.125 e. The van der Waals surface area contributed by atoms with Crippen LogP contribution < -0.4 is 5.32 Å². The molecule has 1 heterocycles. The van der Waals surface area contributed by atoms with Gasteiger partial charge in [-0.1, -0.05) is 6.92 Å². The molecule has 0 saturated heterocycles. The summed E-state index contributed by atoms with van der Waals surface area (Å²) in [6.45, 7) is 9.45. The zero-order valence-corrected chi connectivity index (χ0v) is 12.1. The SMILES string of the molecule is CCNC(C)Cc1nc2cc(F)ccc2n1C(C)C. The maximum atomic E-state index is 13.3. The molecular weight excluding hydrogens is 241 g/mol. The fourth-order valence-electron chi connectivity index (χ4n) is 2.54. The molecule has 1 aromatic heterocycles. The quantitative estimate of drug-likeness (QED) is 0.897. The van der Waals surface area contributed by atoms with Crippen LogP contribution in [0.3, 0.4) is 0 Å². The molecule has 0 aliphatic rings. The summed E-state index contributed by atoms with van der Waals surface area (Å²) in [4.78, 5) is 4.60. The van der Waals surface area contributed by atoms with Crippen molar-refractivity contribution in [3.63, 3.8) is 0 Å². The summed E-state index contributed by atoms with van der Waals surface area (Å²) in [5.74, 6) is 0.788.